The van der Waals surface area contributed by atoms with E-state index in [1.165, 1.54) is 11.1 Å². The summed E-state index contributed by atoms with van der Waals surface area (Å²) < 4.78 is 0. The number of hydrogen-bond acceptors (Lipinski definition) is 4. The molecule has 1 aromatic carbocycles. The first-order valence-corrected chi connectivity index (χ1v) is 9.85. The molecule has 1 aliphatic carbocycles. The van der Waals surface area contributed by atoms with E-state index in [0.29, 0.717) is 13.1 Å². The van der Waals surface area contributed by atoms with E-state index in [0.717, 1.165) is 18.5 Å². The number of hydrogen-bond donors (Lipinski definition) is 1. The number of piperidine rings is 1. The number of amides is 1. The summed E-state index contributed by atoms with van der Waals surface area (Å²) in [5.74, 6) is 0.00503. The number of nitrogens with zero attached hydrogens (tertiary/aromatic N) is 3. The fourth-order valence-corrected chi connectivity index (χ4v) is 4.83. The van der Waals surface area contributed by atoms with E-state index in [1.807, 2.05) is 43.3 Å². The SMILES string of the molecule is CN(C)[C@@H]1c2ccccc2C2(CCN(C(=O)/C=C/c3ccccn3)CC2)[C@H]1O. The summed E-state index contributed by atoms with van der Waals surface area (Å²) in [6.45, 7) is 1.30. The van der Waals surface area contributed by atoms with Gasteiger partial charge in [0.25, 0.3) is 0 Å². The molecule has 1 N–H and O–H groups in total. The highest BCUT2D eigenvalue weighted by Crippen LogP contribution is 2.52. The number of fused-ring (bicyclic) bond motifs is 2. The number of benzene rings is 1. The largest absolute Gasteiger partial charge is 0.390 e. The van der Waals surface area contributed by atoms with Gasteiger partial charge in [-0.15, -0.1) is 0 Å². The van der Waals surface area contributed by atoms with Gasteiger partial charge in [0, 0.05) is 30.8 Å². The highest BCUT2D eigenvalue weighted by atomic mass is 16.3. The molecule has 2 aromatic rings. The van der Waals surface area contributed by atoms with E-state index in [2.05, 4.69) is 28.1 Å². The second-order valence-corrected chi connectivity index (χ2v) is 8.01. The molecule has 5 heteroatoms. The number of carbonyl (C=O) groups excluding carboxylic acids is 1. The van der Waals surface area contributed by atoms with Crippen molar-refractivity contribution in [2.45, 2.75) is 30.4 Å². The van der Waals surface area contributed by atoms with E-state index in [-0.39, 0.29) is 17.4 Å². The second-order valence-electron chi connectivity index (χ2n) is 8.01. The van der Waals surface area contributed by atoms with Crippen LogP contribution < -0.4 is 0 Å². The van der Waals surface area contributed by atoms with Crippen molar-refractivity contribution in [1.82, 2.24) is 14.8 Å². The third kappa shape index (κ3) is 3.15. The smallest absolute Gasteiger partial charge is 0.246 e. The number of rotatable bonds is 3. The topological polar surface area (TPSA) is 56.7 Å². The van der Waals surface area contributed by atoms with Crippen LogP contribution in [0.4, 0.5) is 0 Å². The molecule has 1 spiro atoms. The molecule has 0 saturated carbocycles. The summed E-state index contributed by atoms with van der Waals surface area (Å²) in [6, 6.07) is 14.0. The molecule has 1 amide bonds. The van der Waals surface area contributed by atoms with E-state index in [1.54, 1.807) is 18.3 Å². The molecule has 0 bridgehead atoms. The van der Waals surface area contributed by atoms with Crippen LogP contribution in [0.1, 0.15) is 35.7 Å². The summed E-state index contributed by atoms with van der Waals surface area (Å²) in [4.78, 5) is 20.8. The van der Waals surface area contributed by atoms with Gasteiger partial charge >= 0.3 is 0 Å². The van der Waals surface area contributed by atoms with E-state index in [4.69, 9.17) is 0 Å². The lowest BCUT2D eigenvalue weighted by Crippen LogP contribution is -2.50. The summed E-state index contributed by atoms with van der Waals surface area (Å²) in [6.07, 6.45) is 6.17. The molecular weight excluding hydrogens is 350 g/mol. The summed E-state index contributed by atoms with van der Waals surface area (Å²) in [5.41, 5.74) is 2.97. The average Bonchev–Trinajstić information content (AvgIpc) is 2.96. The summed E-state index contributed by atoms with van der Waals surface area (Å²) >= 11 is 0. The monoisotopic (exact) mass is 377 g/mol. The van der Waals surface area contributed by atoms with Crippen LogP contribution in [0, 0.1) is 0 Å². The van der Waals surface area contributed by atoms with Crippen molar-refractivity contribution in [2.24, 2.45) is 0 Å². The first kappa shape index (κ1) is 18.8. The first-order valence-electron chi connectivity index (χ1n) is 9.85. The van der Waals surface area contributed by atoms with Gasteiger partial charge in [-0.05, 0) is 56.3 Å². The Morgan fingerprint density at radius 3 is 2.57 bits per heavy atom. The molecule has 4 rings (SSSR count). The highest BCUT2D eigenvalue weighted by Gasteiger charge is 2.53. The minimum absolute atomic E-state index is 0.00232. The molecule has 2 atom stereocenters. The second kappa shape index (κ2) is 7.49. The number of aromatic nitrogens is 1. The van der Waals surface area contributed by atoms with Crippen LogP contribution >= 0.6 is 0 Å². The number of aliphatic hydroxyl groups is 1. The number of pyridine rings is 1. The number of aliphatic hydroxyl groups excluding tert-OH is 1. The van der Waals surface area contributed by atoms with E-state index in [9.17, 15) is 9.90 Å². The maximum absolute atomic E-state index is 12.6. The average molecular weight is 377 g/mol. The van der Waals surface area contributed by atoms with E-state index >= 15 is 0 Å². The molecule has 2 aliphatic rings. The number of likely N-dealkylation sites (N-methyl/N-ethyl adjacent to an activating group) is 1. The summed E-state index contributed by atoms with van der Waals surface area (Å²) in [7, 11) is 4.04. The maximum Gasteiger partial charge on any atom is 0.246 e. The minimum atomic E-state index is -0.457. The van der Waals surface area contributed by atoms with Gasteiger partial charge < -0.3 is 14.9 Å². The third-order valence-electron chi connectivity index (χ3n) is 6.29. The molecule has 1 fully saturated rings. The normalized spacial score (nSPS) is 23.5. The highest BCUT2D eigenvalue weighted by molar-refractivity contribution is 5.91. The van der Waals surface area contributed by atoms with Crippen LogP contribution in [0.15, 0.2) is 54.7 Å². The van der Waals surface area contributed by atoms with Gasteiger partial charge in [0.2, 0.25) is 5.91 Å². The van der Waals surface area contributed by atoms with Crippen molar-refractivity contribution >= 4 is 12.0 Å². The van der Waals surface area contributed by atoms with Crippen molar-refractivity contribution in [2.75, 3.05) is 27.2 Å². The Balaban J connectivity index is 1.50. The Morgan fingerprint density at radius 2 is 1.89 bits per heavy atom. The lowest BCUT2D eigenvalue weighted by atomic mass is 9.72. The molecule has 28 heavy (non-hydrogen) atoms. The van der Waals surface area contributed by atoms with Crippen LogP contribution in [0.25, 0.3) is 6.08 Å². The van der Waals surface area contributed by atoms with Gasteiger partial charge in [0.15, 0.2) is 0 Å². The Labute approximate surface area is 166 Å². The minimum Gasteiger partial charge on any atom is -0.390 e. The van der Waals surface area contributed by atoms with Crippen LogP contribution in [0.3, 0.4) is 0 Å². The van der Waals surface area contributed by atoms with Gasteiger partial charge in [-0.2, -0.15) is 0 Å². The first-order chi connectivity index (χ1) is 13.5. The quantitative estimate of drug-likeness (QED) is 0.836. The van der Waals surface area contributed by atoms with Gasteiger partial charge in [-0.25, -0.2) is 0 Å². The maximum atomic E-state index is 12.6. The molecule has 1 saturated heterocycles. The standard InChI is InChI=1S/C23H27N3O2/c1-25(2)21-18-8-3-4-9-19(18)23(22(21)28)12-15-26(16-13-23)20(27)11-10-17-7-5-6-14-24-17/h3-11,14,21-22,28H,12-13,15-16H2,1-2H3/b11-10+/t21-,22+/m1/s1. The zero-order valence-corrected chi connectivity index (χ0v) is 16.5. The van der Waals surface area contributed by atoms with Gasteiger partial charge in [-0.1, -0.05) is 30.3 Å². The molecule has 1 aromatic heterocycles. The zero-order valence-electron chi connectivity index (χ0n) is 16.5. The lowest BCUT2D eigenvalue weighted by molar-refractivity contribution is -0.128. The Kier molecular flexibility index (Phi) is 5.04. The van der Waals surface area contributed by atoms with Crippen molar-refractivity contribution in [3.8, 4) is 0 Å². The van der Waals surface area contributed by atoms with Crippen LogP contribution in [0.5, 0.6) is 0 Å². The van der Waals surface area contributed by atoms with Crippen LogP contribution in [-0.4, -0.2) is 59.1 Å². The van der Waals surface area contributed by atoms with Crippen molar-refractivity contribution < 1.29 is 9.90 Å². The molecule has 0 radical (unpaired) electrons. The van der Waals surface area contributed by atoms with Crippen LogP contribution in [0.2, 0.25) is 0 Å². The zero-order chi connectivity index (χ0) is 19.7. The Morgan fingerprint density at radius 1 is 1.18 bits per heavy atom. The third-order valence-corrected chi connectivity index (χ3v) is 6.29. The number of carbonyl (C=O) groups is 1. The molecule has 1 aliphatic heterocycles. The summed E-state index contributed by atoms with van der Waals surface area (Å²) in [5, 5.41) is 11.3. The van der Waals surface area contributed by atoms with Gasteiger partial charge in [0.05, 0.1) is 17.8 Å². The Hall–Kier alpha value is -2.50. The van der Waals surface area contributed by atoms with Crippen molar-refractivity contribution in [1.29, 1.82) is 0 Å². The fraction of sp³-hybridized carbons (Fsp3) is 0.391. The molecular formula is C23H27N3O2. The van der Waals surface area contributed by atoms with Crippen molar-refractivity contribution in [3.05, 3.63) is 71.6 Å². The predicted molar refractivity (Wildman–Crippen MR) is 110 cm³/mol. The molecule has 5 nitrogen and oxygen atoms in total. The molecule has 2 heterocycles. The van der Waals surface area contributed by atoms with Gasteiger partial charge in [0.1, 0.15) is 0 Å². The van der Waals surface area contributed by atoms with Gasteiger partial charge in [-0.3, -0.25) is 9.78 Å². The molecule has 0 unspecified atom stereocenters. The Bertz CT molecular complexity index is 870. The lowest BCUT2D eigenvalue weighted by Gasteiger charge is -2.43. The predicted octanol–water partition coefficient (Wildman–Crippen LogP) is 2.63. The fourth-order valence-electron chi connectivity index (χ4n) is 4.83. The van der Waals surface area contributed by atoms with Crippen LogP contribution in [-0.2, 0) is 10.2 Å². The number of likely N-dealkylation sites (tertiary alicyclic amines) is 1. The molecule has 146 valence electrons. The van der Waals surface area contributed by atoms with E-state index < -0.39 is 6.10 Å². The van der Waals surface area contributed by atoms with Crippen molar-refractivity contribution in [3.63, 3.8) is 0 Å².